The van der Waals surface area contributed by atoms with E-state index in [0.717, 1.165) is 11.3 Å². The number of carbonyl (C=O) groups excluding carboxylic acids is 1. The molecule has 2 aromatic rings. The van der Waals surface area contributed by atoms with E-state index in [0.29, 0.717) is 19.5 Å². The summed E-state index contributed by atoms with van der Waals surface area (Å²) in [5.74, 6) is 5.91. The summed E-state index contributed by atoms with van der Waals surface area (Å²) in [6, 6.07) is 10.4. The van der Waals surface area contributed by atoms with Crippen molar-refractivity contribution >= 4 is 22.4 Å². The first-order valence-electron chi connectivity index (χ1n) is 7.42. The normalized spacial score (nSPS) is 10.1. The average Bonchev–Trinajstić information content (AvgIpc) is 2.84. The van der Waals surface area contributed by atoms with Gasteiger partial charge in [0.2, 0.25) is 5.91 Å². The van der Waals surface area contributed by atoms with Crippen molar-refractivity contribution < 1.29 is 4.79 Å². The van der Waals surface area contributed by atoms with Crippen molar-refractivity contribution in [2.45, 2.75) is 20.3 Å². The third kappa shape index (κ3) is 3.40. The molecule has 1 heterocycles. The van der Waals surface area contributed by atoms with Gasteiger partial charge in [0.25, 0.3) is 0 Å². The van der Waals surface area contributed by atoms with Crippen LogP contribution in [0.4, 0.5) is 0 Å². The Kier molecular flexibility index (Phi) is 5.06. The SMILES string of the molecule is C=C(CN(CCC#CC)C(C)=O)c1cc2ccccc2n1C. The smallest absolute Gasteiger partial charge is 0.219 e. The first-order valence-corrected chi connectivity index (χ1v) is 7.42. The minimum atomic E-state index is 0.0535. The highest BCUT2D eigenvalue weighted by Crippen LogP contribution is 2.23. The van der Waals surface area contributed by atoms with Crippen molar-refractivity contribution in [3.05, 3.63) is 42.6 Å². The second kappa shape index (κ2) is 7.00. The third-order valence-electron chi connectivity index (χ3n) is 3.82. The van der Waals surface area contributed by atoms with Gasteiger partial charge in [0.15, 0.2) is 0 Å². The molecule has 0 unspecified atom stereocenters. The van der Waals surface area contributed by atoms with E-state index in [1.165, 1.54) is 10.9 Å². The fraction of sp³-hybridized carbons (Fsp3) is 0.316. The maximum atomic E-state index is 11.8. The van der Waals surface area contributed by atoms with Crippen LogP contribution in [-0.4, -0.2) is 28.5 Å². The number of aryl methyl sites for hydroxylation is 1. The highest BCUT2D eigenvalue weighted by molar-refractivity contribution is 5.86. The molecule has 1 aromatic carbocycles. The summed E-state index contributed by atoms with van der Waals surface area (Å²) in [5.41, 5.74) is 3.18. The number of carbonyl (C=O) groups is 1. The van der Waals surface area contributed by atoms with Crippen LogP contribution < -0.4 is 0 Å². The number of hydrogen-bond acceptors (Lipinski definition) is 1. The summed E-state index contributed by atoms with van der Waals surface area (Å²) in [7, 11) is 2.03. The second-order valence-electron chi connectivity index (χ2n) is 5.37. The van der Waals surface area contributed by atoms with Crippen LogP contribution in [0.1, 0.15) is 26.0 Å². The summed E-state index contributed by atoms with van der Waals surface area (Å²) in [6.07, 6.45) is 0.693. The van der Waals surface area contributed by atoms with Crippen LogP contribution in [0.2, 0.25) is 0 Å². The molecule has 114 valence electrons. The highest BCUT2D eigenvalue weighted by Gasteiger charge is 2.14. The number of fused-ring (bicyclic) bond motifs is 1. The molecule has 0 bridgehead atoms. The van der Waals surface area contributed by atoms with Crippen LogP contribution >= 0.6 is 0 Å². The van der Waals surface area contributed by atoms with Gasteiger partial charge in [-0.05, 0) is 24.6 Å². The zero-order valence-electron chi connectivity index (χ0n) is 13.5. The number of para-hydroxylation sites is 1. The molecule has 0 aliphatic heterocycles. The molecular weight excluding hydrogens is 272 g/mol. The van der Waals surface area contributed by atoms with Gasteiger partial charge in [-0.25, -0.2) is 0 Å². The third-order valence-corrected chi connectivity index (χ3v) is 3.82. The van der Waals surface area contributed by atoms with Gasteiger partial charge in [-0.1, -0.05) is 24.8 Å². The van der Waals surface area contributed by atoms with E-state index in [1.807, 2.05) is 26.1 Å². The number of rotatable bonds is 5. The fourth-order valence-corrected chi connectivity index (χ4v) is 2.60. The molecule has 1 amide bonds. The van der Waals surface area contributed by atoms with Crippen LogP contribution in [0, 0.1) is 11.8 Å². The Hall–Kier alpha value is -2.47. The molecule has 0 spiro atoms. The first-order chi connectivity index (χ1) is 10.5. The predicted octanol–water partition coefficient (Wildman–Crippen LogP) is 3.45. The number of hydrogen-bond donors (Lipinski definition) is 0. The van der Waals surface area contributed by atoms with Gasteiger partial charge in [0.1, 0.15) is 0 Å². The largest absolute Gasteiger partial charge is 0.344 e. The monoisotopic (exact) mass is 294 g/mol. The molecule has 0 atom stereocenters. The molecule has 0 radical (unpaired) electrons. The standard InChI is InChI=1S/C19H22N2O/c1-5-6-9-12-21(16(3)22)14-15(2)19-13-17-10-7-8-11-18(17)20(19)4/h7-8,10-11,13H,2,9,12,14H2,1,3-4H3. The van der Waals surface area contributed by atoms with E-state index in [1.54, 1.807) is 11.8 Å². The molecule has 0 saturated carbocycles. The van der Waals surface area contributed by atoms with E-state index >= 15 is 0 Å². The minimum Gasteiger partial charge on any atom is -0.344 e. The Morgan fingerprint density at radius 2 is 2.09 bits per heavy atom. The molecule has 3 nitrogen and oxygen atoms in total. The van der Waals surface area contributed by atoms with Gasteiger partial charge >= 0.3 is 0 Å². The minimum absolute atomic E-state index is 0.0535. The van der Waals surface area contributed by atoms with Gasteiger partial charge in [0, 0.05) is 50.1 Å². The van der Waals surface area contributed by atoms with Gasteiger partial charge in [-0.3, -0.25) is 4.79 Å². The predicted molar refractivity (Wildman–Crippen MR) is 92.3 cm³/mol. The van der Waals surface area contributed by atoms with Crippen molar-refractivity contribution in [2.24, 2.45) is 7.05 Å². The Balaban J connectivity index is 2.19. The molecule has 0 aliphatic carbocycles. The van der Waals surface area contributed by atoms with E-state index in [4.69, 9.17) is 0 Å². The number of aromatic nitrogens is 1. The summed E-state index contributed by atoms with van der Waals surface area (Å²) in [4.78, 5) is 13.6. The fourth-order valence-electron chi connectivity index (χ4n) is 2.60. The maximum absolute atomic E-state index is 11.8. The second-order valence-corrected chi connectivity index (χ2v) is 5.37. The molecule has 0 fully saturated rings. The molecular formula is C19H22N2O. The molecule has 0 aliphatic rings. The van der Waals surface area contributed by atoms with Crippen LogP contribution in [-0.2, 0) is 11.8 Å². The molecule has 22 heavy (non-hydrogen) atoms. The quantitative estimate of drug-likeness (QED) is 0.775. The maximum Gasteiger partial charge on any atom is 0.219 e. The van der Waals surface area contributed by atoms with Gasteiger partial charge in [0.05, 0.1) is 0 Å². The lowest BCUT2D eigenvalue weighted by Crippen LogP contribution is -2.31. The molecule has 0 saturated heterocycles. The van der Waals surface area contributed by atoms with Gasteiger partial charge in [-0.2, -0.15) is 0 Å². The van der Waals surface area contributed by atoms with Crippen molar-refractivity contribution in [3.8, 4) is 11.8 Å². The molecule has 1 aromatic heterocycles. The van der Waals surface area contributed by atoms with Crippen LogP contribution in [0.3, 0.4) is 0 Å². The van der Waals surface area contributed by atoms with Crippen LogP contribution in [0.5, 0.6) is 0 Å². The Labute approximate surface area is 132 Å². The van der Waals surface area contributed by atoms with E-state index < -0.39 is 0 Å². The van der Waals surface area contributed by atoms with E-state index in [-0.39, 0.29) is 5.91 Å². The Morgan fingerprint density at radius 3 is 2.73 bits per heavy atom. The van der Waals surface area contributed by atoms with E-state index in [2.05, 4.69) is 41.2 Å². The van der Waals surface area contributed by atoms with Gasteiger partial charge < -0.3 is 9.47 Å². The lowest BCUT2D eigenvalue weighted by atomic mass is 10.2. The number of amides is 1. The molecule has 2 rings (SSSR count). The van der Waals surface area contributed by atoms with Crippen LogP contribution in [0.15, 0.2) is 36.9 Å². The van der Waals surface area contributed by atoms with E-state index in [9.17, 15) is 4.79 Å². The lowest BCUT2D eigenvalue weighted by Gasteiger charge is -2.21. The number of nitrogens with zero attached hydrogens (tertiary/aromatic N) is 2. The zero-order chi connectivity index (χ0) is 16.1. The summed E-state index contributed by atoms with van der Waals surface area (Å²) in [5, 5.41) is 1.19. The van der Waals surface area contributed by atoms with Crippen molar-refractivity contribution in [2.75, 3.05) is 13.1 Å². The zero-order valence-corrected chi connectivity index (χ0v) is 13.5. The number of benzene rings is 1. The lowest BCUT2D eigenvalue weighted by molar-refractivity contribution is -0.128. The topological polar surface area (TPSA) is 25.2 Å². The highest BCUT2D eigenvalue weighted by atomic mass is 16.2. The molecule has 0 N–H and O–H groups in total. The summed E-state index contributed by atoms with van der Waals surface area (Å²) in [6.45, 7) is 8.75. The summed E-state index contributed by atoms with van der Waals surface area (Å²) >= 11 is 0. The van der Waals surface area contributed by atoms with Crippen molar-refractivity contribution in [1.82, 2.24) is 9.47 Å². The van der Waals surface area contributed by atoms with Crippen molar-refractivity contribution in [3.63, 3.8) is 0 Å². The Bertz CT molecular complexity index is 759. The molecule has 3 heteroatoms. The Morgan fingerprint density at radius 1 is 1.36 bits per heavy atom. The van der Waals surface area contributed by atoms with Gasteiger partial charge in [-0.15, -0.1) is 11.8 Å². The van der Waals surface area contributed by atoms with Crippen molar-refractivity contribution in [1.29, 1.82) is 0 Å². The van der Waals surface area contributed by atoms with Crippen LogP contribution in [0.25, 0.3) is 16.5 Å². The average molecular weight is 294 g/mol. The summed E-state index contributed by atoms with van der Waals surface area (Å²) < 4.78 is 2.13. The first kappa shape index (κ1) is 15.9.